The van der Waals surface area contributed by atoms with Crippen molar-refractivity contribution in [3.8, 4) is 0 Å². The normalized spacial score (nSPS) is 41.1. The van der Waals surface area contributed by atoms with Crippen LogP contribution in [-0.4, -0.2) is 23.8 Å². The van der Waals surface area contributed by atoms with Gasteiger partial charge in [-0.3, -0.25) is 0 Å². The van der Waals surface area contributed by atoms with Gasteiger partial charge in [-0.25, -0.2) is 0 Å². The number of hydrogen-bond donors (Lipinski definition) is 2. The van der Waals surface area contributed by atoms with Crippen LogP contribution in [0.15, 0.2) is 0 Å². The molecule has 0 radical (unpaired) electrons. The van der Waals surface area contributed by atoms with Crippen LogP contribution in [0.2, 0.25) is 0 Å². The topological polar surface area (TPSA) is 32.3 Å². The molecule has 2 heteroatoms. The van der Waals surface area contributed by atoms with Gasteiger partial charge in [0.25, 0.3) is 0 Å². The monoisotopic (exact) mass is 239 g/mol. The van der Waals surface area contributed by atoms with Crippen LogP contribution in [0.5, 0.6) is 0 Å². The van der Waals surface area contributed by atoms with Gasteiger partial charge in [0.15, 0.2) is 0 Å². The van der Waals surface area contributed by atoms with Crippen molar-refractivity contribution < 1.29 is 5.11 Å². The van der Waals surface area contributed by atoms with Crippen molar-refractivity contribution in [2.75, 3.05) is 6.54 Å². The van der Waals surface area contributed by atoms with Gasteiger partial charge < -0.3 is 10.4 Å². The molecule has 2 nitrogen and oxygen atoms in total. The number of hydrogen-bond acceptors (Lipinski definition) is 2. The van der Waals surface area contributed by atoms with Gasteiger partial charge in [0.1, 0.15) is 0 Å². The Labute approximate surface area is 106 Å². The first kappa shape index (κ1) is 13.4. The third-order valence-corrected chi connectivity index (χ3v) is 5.08. The van der Waals surface area contributed by atoms with Crippen molar-refractivity contribution in [3.63, 3.8) is 0 Å². The number of aliphatic hydroxyl groups is 1. The lowest BCUT2D eigenvalue weighted by atomic mass is 9.76. The van der Waals surface area contributed by atoms with E-state index in [4.69, 9.17) is 0 Å². The average molecular weight is 239 g/mol. The summed E-state index contributed by atoms with van der Waals surface area (Å²) in [5, 5.41) is 14.1. The molecule has 2 aliphatic rings. The predicted octanol–water partition coefficient (Wildman–Crippen LogP) is 2.95. The molecule has 3 unspecified atom stereocenters. The SMILES string of the molecule is CCC1CCNC(C(O)C2CCC(C)CC2)C1. The van der Waals surface area contributed by atoms with E-state index in [0.717, 1.165) is 18.4 Å². The maximum absolute atomic E-state index is 10.5. The molecule has 100 valence electrons. The predicted molar refractivity (Wildman–Crippen MR) is 71.9 cm³/mol. The van der Waals surface area contributed by atoms with Crippen molar-refractivity contribution in [1.82, 2.24) is 5.32 Å². The van der Waals surface area contributed by atoms with Crippen molar-refractivity contribution >= 4 is 0 Å². The van der Waals surface area contributed by atoms with Crippen LogP contribution in [0.1, 0.15) is 58.8 Å². The highest BCUT2D eigenvalue weighted by molar-refractivity contribution is 4.88. The first-order valence-corrected chi connectivity index (χ1v) is 7.62. The second-order valence-corrected chi connectivity index (χ2v) is 6.37. The van der Waals surface area contributed by atoms with Crippen LogP contribution in [0.4, 0.5) is 0 Å². The molecule has 0 aromatic rings. The second-order valence-electron chi connectivity index (χ2n) is 6.37. The van der Waals surface area contributed by atoms with Crippen LogP contribution in [0.3, 0.4) is 0 Å². The average Bonchev–Trinajstić information content (AvgIpc) is 2.39. The van der Waals surface area contributed by atoms with Crippen molar-refractivity contribution in [3.05, 3.63) is 0 Å². The van der Waals surface area contributed by atoms with E-state index in [0.29, 0.717) is 12.0 Å². The van der Waals surface area contributed by atoms with Crippen molar-refractivity contribution in [2.24, 2.45) is 17.8 Å². The molecule has 3 atom stereocenters. The third-order valence-electron chi connectivity index (χ3n) is 5.08. The van der Waals surface area contributed by atoms with E-state index in [1.807, 2.05) is 0 Å². The first-order chi connectivity index (χ1) is 8.20. The minimum atomic E-state index is -0.100. The Balaban J connectivity index is 1.84. The van der Waals surface area contributed by atoms with Crippen LogP contribution in [0.25, 0.3) is 0 Å². The van der Waals surface area contributed by atoms with E-state index in [1.54, 1.807) is 0 Å². The number of piperidine rings is 1. The summed E-state index contributed by atoms with van der Waals surface area (Å²) in [7, 11) is 0. The summed E-state index contributed by atoms with van der Waals surface area (Å²) in [6.07, 6.45) is 8.74. The second kappa shape index (κ2) is 6.19. The molecule has 1 saturated carbocycles. The molecule has 0 aromatic carbocycles. The summed E-state index contributed by atoms with van der Waals surface area (Å²) < 4.78 is 0. The lowest BCUT2D eigenvalue weighted by Crippen LogP contribution is -2.49. The van der Waals surface area contributed by atoms with E-state index < -0.39 is 0 Å². The van der Waals surface area contributed by atoms with Crippen LogP contribution < -0.4 is 5.32 Å². The summed E-state index contributed by atoms with van der Waals surface area (Å²) >= 11 is 0. The van der Waals surface area contributed by atoms with E-state index in [1.165, 1.54) is 44.9 Å². The van der Waals surface area contributed by atoms with E-state index in [9.17, 15) is 5.11 Å². The number of nitrogens with one attached hydrogen (secondary N) is 1. The van der Waals surface area contributed by atoms with E-state index in [2.05, 4.69) is 19.2 Å². The molecule has 1 heterocycles. The fourth-order valence-corrected chi connectivity index (χ4v) is 3.62. The van der Waals surface area contributed by atoms with Gasteiger partial charge in [-0.2, -0.15) is 0 Å². The molecule has 1 aliphatic heterocycles. The zero-order valence-corrected chi connectivity index (χ0v) is 11.5. The van der Waals surface area contributed by atoms with Gasteiger partial charge in [-0.05, 0) is 50.0 Å². The zero-order chi connectivity index (χ0) is 12.3. The Morgan fingerprint density at radius 1 is 1.18 bits per heavy atom. The van der Waals surface area contributed by atoms with Gasteiger partial charge in [-0.1, -0.05) is 33.1 Å². The first-order valence-electron chi connectivity index (χ1n) is 7.62. The zero-order valence-electron chi connectivity index (χ0n) is 11.5. The summed E-state index contributed by atoms with van der Waals surface area (Å²) in [4.78, 5) is 0. The Kier molecular flexibility index (Phi) is 4.87. The summed E-state index contributed by atoms with van der Waals surface area (Å²) in [6.45, 7) is 5.72. The lowest BCUT2D eigenvalue weighted by Gasteiger charge is -2.38. The molecule has 0 aromatic heterocycles. The number of rotatable bonds is 3. The largest absolute Gasteiger partial charge is 0.391 e. The molecule has 2 rings (SSSR count). The molecule has 1 saturated heterocycles. The van der Waals surface area contributed by atoms with Gasteiger partial charge in [0, 0.05) is 6.04 Å². The highest BCUT2D eigenvalue weighted by Gasteiger charge is 2.32. The fraction of sp³-hybridized carbons (Fsp3) is 1.00. The minimum Gasteiger partial charge on any atom is -0.391 e. The maximum atomic E-state index is 10.5. The Morgan fingerprint density at radius 2 is 1.88 bits per heavy atom. The molecule has 2 N–H and O–H groups in total. The van der Waals surface area contributed by atoms with Gasteiger partial charge in [-0.15, -0.1) is 0 Å². The molecular weight excluding hydrogens is 210 g/mol. The molecule has 0 spiro atoms. The minimum absolute atomic E-state index is 0.100. The van der Waals surface area contributed by atoms with Gasteiger partial charge >= 0.3 is 0 Å². The molecular formula is C15H29NO. The highest BCUT2D eigenvalue weighted by atomic mass is 16.3. The molecule has 0 bridgehead atoms. The van der Waals surface area contributed by atoms with E-state index in [-0.39, 0.29) is 6.10 Å². The Hall–Kier alpha value is -0.0800. The quantitative estimate of drug-likeness (QED) is 0.793. The van der Waals surface area contributed by atoms with Crippen LogP contribution in [0, 0.1) is 17.8 Å². The summed E-state index contributed by atoms with van der Waals surface area (Å²) in [5.74, 6) is 2.26. The molecule has 0 amide bonds. The van der Waals surface area contributed by atoms with Crippen molar-refractivity contribution in [2.45, 2.75) is 70.9 Å². The molecule has 2 fully saturated rings. The summed E-state index contributed by atoms with van der Waals surface area (Å²) in [5.41, 5.74) is 0. The van der Waals surface area contributed by atoms with Gasteiger partial charge in [0.05, 0.1) is 6.10 Å². The van der Waals surface area contributed by atoms with Crippen molar-refractivity contribution in [1.29, 1.82) is 0 Å². The smallest absolute Gasteiger partial charge is 0.0721 e. The van der Waals surface area contributed by atoms with Crippen LogP contribution in [-0.2, 0) is 0 Å². The lowest BCUT2D eigenvalue weighted by molar-refractivity contribution is 0.0271. The summed E-state index contributed by atoms with van der Waals surface area (Å²) in [6, 6.07) is 0.368. The Bertz CT molecular complexity index is 223. The third kappa shape index (κ3) is 3.45. The highest BCUT2D eigenvalue weighted by Crippen LogP contribution is 2.33. The van der Waals surface area contributed by atoms with Gasteiger partial charge in [0.2, 0.25) is 0 Å². The standard InChI is InChI=1S/C15H29NO/c1-3-12-8-9-16-14(10-12)15(17)13-6-4-11(2)5-7-13/h11-17H,3-10H2,1-2H3. The van der Waals surface area contributed by atoms with E-state index >= 15 is 0 Å². The van der Waals surface area contributed by atoms with Crippen LogP contribution >= 0.6 is 0 Å². The molecule has 1 aliphatic carbocycles. The Morgan fingerprint density at radius 3 is 2.53 bits per heavy atom. The number of aliphatic hydroxyl groups excluding tert-OH is 1. The fourth-order valence-electron chi connectivity index (χ4n) is 3.62. The maximum Gasteiger partial charge on any atom is 0.0721 e. The molecule has 17 heavy (non-hydrogen) atoms.